The van der Waals surface area contributed by atoms with E-state index in [9.17, 15) is 22.8 Å². The highest BCUT2D eigenvalue weighted by Crippen LogP contribution is 2.42. The van der Waals surface area contributed by atoms with Crippen LogP contribution in [0.3, 0.4) is 0 Å². The monoisotopic (exact) mass is 352 g/mol. The van der Waals surface area contributed by atoms with Gasteiger partial charge in [0, 0.05) is 0 Å². The lowest BCUT2D eigenvalue weighted by Gasteiger charge is -2.43. The molecular formula is C16H27F3N2O3. The van der Waals surface area contributed by atoms with Gasteiger partial charge >= 0.3 is 12.3 Å². The summed E-state index contributed by atoms with van der Waals surface area (Å²) >= 11 is 0. The minimum absolute atomic E-state index is 0.104. The Balaban J connectivity index is 3.02. The molecule has 1 unspecified atom stereocenters. The zero-order valence-corrected chi connectivity index (χ0v) is 14.4. The van der Waals surface area contributed by atoms with Crippen LogP contribution in [0.15, 0.2) is 0 Å². The average molecular weight is 352 g/mol. The Hall–Kier alpha value is -1.47. The van der Waals surface area contributed by atoms with Gasteiger partial charge in [0.25, 0.3) is 0 Å². The van der Waals surface area contributed by atoms with Crippen LogP contribution in [0.25, 0.3) is 0 Å². The van der Waals surface area contributed by atoms with Crippen LogP contribution < -0.4 is 10.6 Å². The molecule has 3 N–H and O–H groups in total. The van der Waals surface area contributed by atoms with Gasteiger partial charge in [-0.15, -0.1) is 0 Å². The second-order valence-electron chi connectivity index (χ2n) is 7.55. The molecule has 1 aliphatic rings. The lowest BCUT2D eigenvalue weighted by molar-refractivity contribution is -0.141. The van der Waals surface area contributed by atoms with Crippen LogP contribution >= 0.6 is 0 Å². The zero-order chi connectivity index (χ0) is 18.5. The molecule has 140 valence electrons. The molecule has 5 nitrogen and oxygen atoms in total. The van der Waals surface area contributed by atoms with Gasteiger partial charge in [-0.1, -0.05) is 52.9 Å². The van der Waals surface area contributed by atoms with Crippen LogP contribution in [0.2, 0.25) is 0 Å². The second kappa shape index (κ2) is 8.07. The van der Waals surface area contributed by atoms with Crippen molar-refractivity contribution in [2.75, 3.05) is 6.54 Å². The minimum Gasteiger partial charge on any atom is -0.465 e. The molecule has 0 aromatic heterocycles. The van der Waals surface area contributed by atoms with Gasteiger partial charge in [0.05, 0.1) is 0 Å². The molecule has 8 heteroatoms. The van der Waals surface area contributed by atoms with Gasteiger partial charge in [0.15, 0.2) is 0 Å². The average Bonchev–Trinajstić information content (AvgIpc) is 2.42. The number of nitrogens with one attached hydrogen (secondary N) is 2. The van der Waals surface area contributed by atoms with E-state index in [1.54, 1.807) is 0 Å². The minimum atomic E-state index is -4.54. The van der Waals surface area contributed by atoms with Crippen molar-refractivity contribution in [2.24, 2.45) is 17.3 Å². The zero-order valence-electron chi connectivity index (χ0n) is 14.4. The van der Waals surface area contributed by atoms with E-state index in [0.29, 0.717) is 0 Å². The van der Waals surface area contributed by atoms with Crippen molar-refractivity contribution >= 4 is 12.0 Å². The highest BCUT2D eigenvalue weighted by molar-refractivity contribution is 5.85. The van der Waals surface area contributed by atoms with E-state index in [1.807, 2.05) is 26.1 Å². The van der Waals surface area contributed by atoms with Gasteiger partial charge in [-0.2, -0.15) is 13.2 Å². The number of hydrogen-bond donors (Lipinski definition) is 3. The number of carbonyl (C=O) groups excluding carboxylic acids is 1. The van der Waals surface area contributed by atoms with Gasteiger partial charge < -0.3 is 15.7 Å². The molecule has 1 saturated carbocycles. The Morgan fingerprint density at radius 2 is 1.67 bits per heavy atom. The molecule has 2 amide bonds. The SMILES string of the molecule is CC(C)(C)[C@H](C1CCCCC1)C(NC(=O)O)C(=O)NCC(F)(F)F. The van der Waals surface area contributed by atoms with E-state index in [4.69, 9.17) is 5.11 Å². The summed E-state index contributed by atoms with van der Waals surface area (Å²) in [5, 5.41) is 13.0. The topological polar surface area (TPSA) is 78.4 Å². The summed E-state index contributed by atoms with van der Waals surface area (Å²) in [5.74, 6) is -1.19. The first kappa shape index (κ1) is 20.6. The largest absolute Gasteiger partial charge is 0.465 e. The molecule has 1 fully saturated rings. The molecule has 24 heavy (non-hydrogen) atoms. The van der Waals surface area contributed by atoms with E-state index < -0.39 is 36.2 Å². The molecule has 2 atom stereocenters. The summed E-state index contributed by atoms with van der Waals surface area (Å²) in [6.07, 6.45) is -1.18. The number of amides is 2. The molecule has 0 saturated heterocycles. The molecule has 0 spiro atoms. The van der Waals surface area contributed by atoms with Crippen LogP contribution in [0.1, 0.15) is 52.9 Å². The first-order valence-corrected chi connectivity index (χ1v) is 8.26. The maximum atomic E-state index is 12.4. The first-order chi connectivity index (χ1) is 10.9. The van der Waals surface area contributed by atoms with Crippen molar-refractivity contribution in [1.29, 1.82) is 0 Å². The fourth-order valence-electron chi connectivity index (χ4n) is 3.72. The lowest BCUT2D eigenvalue weighted by atomic mass is 9.65. The van der Waals surface area contributed by atoms with Crippen molar-refractivity contribution in [3.05, 3.63) is 0 Å². The Labute approximate surface area is 140 Å². The number of hydrogen-bond acceptors (Lipinski definition) is 2. The first-order valence-electron chi connectivity index (χ1n) is 8.26. The van der Waals surface area contributed by atoms with Gasteiger partial charge in [-0.25, -0.2) is 4.79 Å². The summed E-state index contributed by atoms with van der Waals surface area (Å²) in [6.45, 7) is 4.20. The summed E-state index contributed by atoms with van der Waals surface area (Å²) in [7, 11) is 0. The third-order valence-electron chi connectivity index (χ3n) is 4.54. The Morgan fingerprint density at radius 3 is 2.08 bits per heavy atom. The van der Waals surface area contributed by atoms with Crippen molar-refractivity contribution in [3.63, 3.8) is 0 Å². The van der Waals surface area contributed by atoms with Gasteiger partial charge in [-0.3, -0.25) is 4.79 Å². The normalized spacial score (nSPS) is 19.4. The third-order valence-corrected chi connectivity index (χ3v) is 4.54. The van der Waals surface area contributed by atoms with Crippen LogP contribution in [0.5, 0.6) is 0 Å². The number of carboxylic acid groups (broad SMARTS) is 1. The number of rotatable bonds is 5. The van der Waals surface area contributed by atoms with Crippen LogP contribution in [0, 0.1) is 17.3 Å². The maximum absolute atomic E-state index is 12.4. The quantitative estimate of drug-likeness (QED) is 0.708. The van der Waals surface area contributed by atoms with E-state index in [1.165, 1.54) is 0 Å². The molecule has 1 aliphatic carbocycles. The fourth-order valence-corrected chi connectivity index (χ4v) is 3.72. The predicted octanol–water partition coefficient (Wildman–Crippen LogP) is 3.54. The molecule has 0 aliphatic heterocycles. The summed E-state index contributed by atoms with van der Waals surface area (Å²) < 4.78 is 37.1. The molecule has 0 heterocycles. The van der Waals surface area contributed by atoms with Crippen molar-refractivity contribution in [2.45, 2.75) is 65.1 Å². The van der Waals surface area contributed by atoms with Crippen LogP contribution in [0.4, 0.5) is 18.0 Å². The predicted molar refractivity (Wildman–Crippen MR) is 83.5 cm³/mol. The summed E-state index contributed by atoms with van der Waals surface area (Å²) in [4.78, 5) is 23.4. The highest BCUT2D eigenvalue weighted by atomic mass is 19.4. The molecule has 1 rings (SSSR count). The maximum Gasteiger partial charge on any atom is 0.405 e. The molecule has 0 radical (unpaired) electrons. The van der Waals surface area contributed by atoms with Crippen LogP contribution in [-0.2, 0) is 4.79 Å². The van der Waals surface area contributed by atoms with Gasteiger partial charge in [0.2, 0.25) is 5.91 Å². The standard InChI is InChI=1S/C16H27F3N2O3/c1-15(2,3)11(10-7-5-4-6-8-10)12(21-14(23)24)13(22)20-9-16(17,18)19/h10-12,21H,4-9H2,1-3H3,(H,20,22)(H,23,24)/t11-,12?/m1/s1. The molecule has 0 bridgehead atoms. The Bertz CT molecular complexity index is 441. The highest BCUT2D eigenvalue weighted by Gasteiger charge is 2.43. The lowest BCUT2D eigenvalue weighted by Crippen LogP contribution is -2.56. The Kier molecular flexibility index (Phi) is 6.92. The van der Waals surface area contributed by atoms with Crippen LogP contribution in [-0.4, -0.2) is 35.9 Å². The van der Waals surface area contributed by atoms with Gasteiger partial charge in [0.1, 0.15) is 12.6 Å². The molecule has 0 aromatic carbocycles. The summed E-state index contributed by atoms with van der Waals surface area (Å²) in [5.41, 5.74) is -0.426. The molecule has 0 aromatic rings. The number of carbonyl (C=O) groups is 2. The third kappa shape index (κ3) is 6.57. The number of halogens is 3. The van der Waals surface area contributed by atoms with Crippen molar-refractivity contribution in [3.8, 4) is 0 Å². The second-order valence-corrected chi connectivity index (χ2v) is 7.55. The van der Waals surface area contributed by atoms with E-state index in [2.05, 4.69) is 5.32 Å². The van der Waals surface area contributed by atoms with E-state index >= 15 is 0 Å². The fraction of sp³-hybridized carbons (Fsp3) is 0.875. The molecular weight excluding hydrogens is 325 g/mol. The van der Waals surface area contributed by atoms with Crippen molar-refractivity contribution in [1.82, 2.24) is 10.6 Å². The number of alkyl halides is 3. The van der Waals surface area contributed by atoms with E-state index in [0.717, 1.165) is 32.1 Å². The smallest absolute Gasteiger partial charge is 0.405 e. The van der Waals surface area contributed by atoms with Crippen molar-refractivity contribution < 1.29 is 27.9 Å². The Morgan fingerprint density at radius 1 is 1.12 bits per heavy atom. The van der Waals surface area contributed by atoms with E-state index in [-0.39, 0.29) is 11.8 Å². The summed E-state index contributed by atoms with van der Waals surface area (Å²) in [6, 6.07) is -1.20. The van der Waals surface area contributed by atoms with Gasteiger partial charge in [-0.05, 0) is 17.3 Å².